The second-order valence-corrected chi connectivity index (χ2v) is 4.45. The van der Waals surface area contributed by atoms with Crippen LogP contribution in [0.4, 0.5) is 0 Å². The summed E-state index contributed by atoms with van der Waals surface area (Å²) in [4.78, 5) is 11.0. The van der Waals surface area contributed by atoms with E-state index in [1.807, 2.05) is 0 Å². The van der Waals surface area contributed by atoms with Gasteiger partial charge in [0.15, 0.2) is 0 Å². The van der Waals surface area contributed by atoms with E-state index in [0.29, 0.717) is 6.61 Å². The number of rotatable bonds is 2. The molecular formula is C6H9IO3S. The lowest BCUT2D eigenvalue weighted by molar-refractivity contribution is -0.150. The summed E-state index contributed by atoms with van der Waals surface area (Å²) in [6.45, 7) is 2.21. The molecule has 0 N–H and O–H groups in total. The van der Waals surface area contributed by atoms with Crippen molar-refractivity contribution in [1.82, 2.24) is 0 Å². The summed E-state index contributed by atoms with van der Waals surface area (Å²) >= 11 is 3.65. The lowest BCUT2D eigenvalue weighted by Gasteiger charge is -2.07. The first-order chi connectivity index (χ1) is 5.24. The van der Waals surface area contributed by atoms with Crippen LogP contribution in [-0.2, 0) is 14.3 Å². The maximum Gasteiger partial charge on any atom is 0.345 e. The molecule has 1 aliphatic heterocycles. The Hall–Kier alpha value is 0.510. The minimum Gasteiger partial charge on any atom is -0.463 e. The normalized spacial score (nSPS) is 30.4. The van der Waals surface area contributed by atoms with Gasteiger partial charge in [-0.05, 0) is 6.92 Å². The van der Waals surface area contributed by atoms with Crippen LogP contribution in [0.3, 0.4) is 0 Å². The van der Waals surface area contributed by atoms with Gasteiger partial charge in [0.05, 0.1) is 6.61 Å². The van der Waals surface area contributed by atoms with Gasteiger partial charge in [0.25, 0.3) is 0 Å². The number of carbonyl (C=O) groups excluding carboxylic acids is 1. The van der Waals surface area contributed by atoms with Crippen LogP contribution >= 0.6 is 34.4 Å². The van der Waals surface area contributed by atoms with Gasteiger partial charge < -0.3 is 9.47 Å². The molecule has 1 heterocycles. The van der Waals surface area contributed by atoms with Crippen molar-refractivity contribution in [3.05, 3.63) is 0 Å². The summed E-state index contributed by atoms with van der Waals surface area (Å²) in [5.41, 5.74) is -0.392. The summed E-state index contributed by atoms with van der Waals surface area (Å²) in [7, 11) is 0. The summed E-state index contributed by atoms with van der Waals surface area (Å²) in [6, 6.07) is 0. The predicted molar refractivity (Wildman–Crippen MR) is 51.8 cm³/mol. The van der Waals surface area contributed by atoms with Crippen LogP contribution < -0.4 is 0 Å². The first kappa shape index (κ1) is 9.60. The smallest absolute Gasteiger partial charge is 0.345 e. The third-order valence-electron chi connectivity index (χ3n) is 1.13. The highest BCUT2D eigenvalue weighted by molar-refractivity contribution is 14.1. The molecule has 0 amide bonds. The molecule has 0 bridgehead atoms. The standard InChI is InChI=1S/C6H9IO3S/c1-2-9-5(8)6-10-4(7)3-11-6/h4,6H,2-3H2,1H3/t4-,6-/m1/s1. The van der Waals surface area contributed by atoms with Crippen molar-refractivity contribution in [2.75, 3.05) is 12.4 Å². The van der Waals surface area contributed by atoms with E-state index in [4.69, 9.17) is 9.47 Å². The lowest BCUT2D eigenvalue weighted by atomic mass is 10.7. The van der Waals surface area contributed by atoms with Crippen LogP contribution in [0, 0.1) is 0 Å². The number of ether oxygens (including phenoxy) is 2. The average molecular weight is 288 g/mol. The van der Waals surface area contributed by atoms with E-state index in [-0.39, 0.29) is 10.1 Å². The molecule has 1 saturated heterocycles. The van der Waals surface area contributed by atoms with Crippen LogP contribution in [0.1, 0.15) is 6.92 Å². The molecule has 0 unspecified atom stereocenters. The molecule has 0 aromatic rings. The largest absolute Gasteiger partial charge is 0.463 e. The molecule has 0 saturated carbocycles. The Morgan fingerprint density at radius 1 is 1.91 bits per heavy atom. The van der Waals surface area contributed by atoms with Crippen molar-refractivity contribution in [2.24, 2.45) is 0 Å². The highest BCUT2D eigenvalue weighted by Gasteiger charge is 2.30. The van der Waals surface area contributed by atoms with Gasteiger partial charge in [0.1, 0.15) is 4.11 Å². The fourth-order valence-corrected chi connectivity index (χ4v) is 2.65. The zero-order valence-corrected chi connectivity index (χ0v) is 9.05. The minimum atomic E-state index is -0.392. The first-order valence-electron chi connectivity index (χ1n) is 3.31. The second-order valence-electron chi connectivity index (χ2n) is 1.96. The molecule has 0 aromatic carbocycles. The van der Waals surface area contributed by atoms with Gasteiger partial charge in [0, 0.05) is 5.75 Å². The maximum absolute atomic E-state index is 11.0. The number of alkyl halides is 1. The van der Waals surface area contributed by atoms with E-state index < -0.39 is 5.44 Å². The van der Waals surface area contributed by atoms with Gasteiger partial charge in [-0.1, -0.05) is 22.6 Å². The number of hydrogen-bond acceptors (Lipinski definition) is 4. The van der Waals surface area contributed by atoms with Crippen molar-refractivity contribution >= 4 is 40.3 Å². The molecule has 3 nitrogen and oxygen atoms in total. The van der Waals surface area contributed by atoms with Crippen molar-refractivity contribution in [3.8, 4) is 0 Å². The molecule has 0 aliphatic carbocycles. The molecule has 1 fully saturated rings. The Morgan fingerprint density at radius 3 is 3.09 bits per heavy atom. The quantitative estimate of drug-likeness (QED) is 0.437. The number of carbonyl (C=O) groups is 1. The van der Waals surface area contributed by atoms with Gasteiger partial charge in [-0.15, -0.1) is 11.8 Å². The fourth-order valence-electron chi connectivity index (χ4n) is 0.710. The van der Waals surface area contributed by atoms with Crippen LogP contribution in [0.5, 0.6) is 0 Å². The van der Waals surface area contributed by atoms with E-state index in [2.05, 4.69) is 22.6 Å². The van der Waals surface area contributed by atoms with E-state index >= 15 is 0 Å². The summed E-state index contributed by atoms with van der Waals surface area (Å²) in [5.74, 6) is 0.612. The van der Waals surface area contributed by atoms with Crippen LogP contribution in [0.2, 0.25) is 0 Å². The second kappa shape index (κ2) is 4.51. The molecule has 11 heavy (non-hydrogen) atoms. The third kappa shape index (κ3) is 2.79. The predicted octanol–water partition coefficient (Wildman–Crippen LogP) is 1.40. The molecule has 0 aromatic heterocycles. The Kier molecular flexibility index (Phi) is 3.94. The highest BCUT2D eigenvalue weighted by Crippen LogP contribution is 2.29. The maximum atomic E-state index is 11.0. The van der Waals surface area contributed by atoms with E-state index in [1.54, 1.807) is 6.92 Å². The zero-order valence-electron chi connectivity index (χ0n) is 6.08. The topological polar surface area (TPSA) is 35.5 Å². The Bertz CT molecular complexity index is 153. The van der Waals surface area contributed by atoms with Gasteiger partial charge >= 0.3 is 5.97 Å². The lowest BCUT2D eigenvalue weighted by Crippen LogP contribution is -2.20. The van der Waals surface area contributed by atoms with E-state index in [0.717, 1.165) is 5.75 Å². The summed E-state index contributed by atoms with van der Waals surface area (Å²) in [5, 5.41) is 0. The summed E-state index contributed by atoms with van der Waals surface area (Å²) in [6.07, 6.45) is 0. The Morgan fingerprint density at radius 2 is 2.64 bits per heavy atom. The monoisotopic (exact) mass is 288 g/mol. The van der Waals surface area contributed by atoms with Crippen molar-refractivity contribution in [2.45, 2.75) is 16.5 Å². The van der Waals surface area contributed by atoms with Crippen molar-refractivity contribution in [1.29, 1.82) is 0 Å². The number of esters is 1. The van der Waals surface area contributed by atoms with Crippen LogP contribution in [-0.4, -0.2) is 27.9 Å². The number of thioether (sulfide) groups is 1. The first-order valence-corrected chi connectivity index (χ1v) is 5.61. The Balaban J connectivity index is 2.31. The highest BCUT2D eigenvalue weighted by atomic mass is 127. The molecule has 1 aliphatic rings. The zero-order chi connectivity index (χ0) is 8.27. The van der Waals surface area contributed by atoms with Gasteiger partial charge in [0.2, 0.25) is 5.44 Å². The minimum absolute atomic E-state index is 0.145. The number of hydrogen-bond donors (Lipinski definition) is 0. The van der Waals surface area contributed by atoms with Crippen LogP contribution in [0.25, 0.3) is 0 Å². The van der Waals surface area contributed by atoms with Crippen molar-refractivity contribution < 1.29 is 14.3 Å². The van der Waals surface area contributed by atoms with Gasteiger partial charge in [-0.25, -0.2) is 4.79 Å². The average Bonchev–Trinajstić information content (AvgIpc) is 2.36. The Labute approximate surface area is 83.3 Å². The third-order valence-corrected chi connectivity index (χ3v) is 3.56. The number of halogens is 1. The molecule has 2 atom stereocenters. The molecule has 5 heteroatoms. The SMILES string of the molecule is CCOC(=O)[C@@H]1O[C@@H](I)CS1. The van der Waals surface area contributed by atoms with E-state index in [1.165, 1.54) is 11.8 Å². The van der Waals surface area contributed by atoms with E-state index in [9.17, 15) is 4.79 Å². The fraction of sp³-hybridized carbons (Fsp3) is 0.833. The van der Waals surface area contributed by atoms with Gasteiger partial charge in [-0.2, -0.15) is 0 Å². The molecular weight excluding hydrogens is 279 g/mol. The molecule has 0 radical (unpaired) electrons. The van der Waals surface area contributed by atoms with Crippen LogP contribution in [0.15, 0.2) is 0 Å². The van der Waals surface area contributed by atoms with Crippen molar-refractivity contribution in [3.63, 3.8) is 0 Å². The molecule has 0 spiro atoms. The summed E-state index contributed by atoms with van der Waals surface area (Å²) < 4.78 is 10.2. The molecule has 1 rings (SSSR count). The molecule has 64 valence electrons. The van der Waals surface area contributed by atoms with Gasteiger partial charge in [-0.3, -0.25) is 0 Å².